The van der Waals surface area contributed by atoms with Crippen LogP contribution in [-0.4, -0.2) is 37.2 Å². The van der Waals surface area contributed by atoms with Crippen LogP contribution < -0.4 is 4.72 Å². The van der Waals surface area contributed by atoms with Crippen molar-refractivity contribution >= 4 is 10.0 Å². The summed E-state index contributed by atoms with van der Waals surface area (Å²) in [6.07, 6.45) is 3.20. The maximum absolute atomic E-state index is 13.1. The van der Waals surface area contributed by atoms with Crippen LogP contribution >= 0.6 is 0 Å². The molecule has 0 aliphatic carbocycles. The van der Waals surface area contributed by atoms with Crippen molar-refractivity contribution in [2.24, 2.45) is 5.92 Å². The minimum atomic E-state index is -3.40. The third-order valence-corrected chi connectivity index (χ3v) is 6.36. The molecule has 3 rings (SSSR count). The molecule has 1 fully saturated rings. The molecule has 1 atom stereocenters. The zero-order chi connectivity index (χ0) is 18.7. The predicted molar refractivity (Wildman–Crippen MR) is 97.1 cm³/mol. The molecule has 6 nitrogen and oxygen atoms in total. The molecule has 1 N–H and O–H groups in total. The average Bonchev–Trinajstić information content (AvgIpc) is 2.97. The molecule has 0 radical (unpaired) electrons. The maximum atomic E-state index is 13.1. The highest BCUT2D eigenvalue weighted by molar-refractivity contribution is 7.89. The van der Waals surface area contributed by atoms with Crippen molar-refractivity contribution in [3.8, 4) is 5.69 Å². The van der Waals surface area contributed by atoms with Crippen molar-refractivity contribution in [3.63, 3.8) is 0 Å². The van der Waals surface area contributed by atoms with E-state index in [2.05, 4.69) is 9.82 Å². The Morgan fingerprint density at radius 3 is 2.62 bits per heavy atom. The Hall–Kier alpha value is -1.77. The van der Waals surface area contributed by atoms with Gasteiger partial charge in [0.1, 0.15) is 5.82 Å². The Kier molecular flexibility index (Phi) is 5.74. The van der Waals surface area contributed by atoms with Crippen LogP contribution in [0.2, 0.25) is 0 Å². The molecular weight excluding hydrogens is 357 g/mol. The highest BCUT2D eigenvalue weighted by Gasteiger charge is 2.25. The molecule has 1 aliphatic heterocycles. The van der Waals surface area contributed by atoms with Gasteiger partial charge in [-0.25, -0.2) is 22.2 Å². The van der Waals surface area contributed by atoms with Gasteiger partial charge < -0.3 is 4.74 Å². The lowest BCUT2D eigenvalue weighted by atomic mass is 10.0. The lowest BCUT2D eigenvalue weighted by Gasteiger charge is -2.23. The van der Waals surface area contributed by atoms with E-state index in [4.69, 9.17) is 4.74 Å². The summed E-state index contributed by atoms with van der Waals surface area (Å²) in [6, 6.07) is 5.62. The second-order valence-electron chi connectivity index (χ2n) is 6.75. The number of nitrogens with zero attached hydrogens (tertiary/aromatic N) is 2. The van der Waals surface area contributed by atoms with Crippen molar-refractivity contribution in [1.29, 1.82) is 0 Å². The molecule has 2 heterocycles. The lowest BCUT2D eigenvalue weighted by Crippen LogP contribution is -2.34. The molecule has 142 valence electrons. The fourth-order valence-corrected chi connectivity index (χ4v) is 5.01. The average molecular weight is 381 g/mol. The summed E-state index contributed by atoms with van der Waals surface area (Å²) < 4.78 is 47.8. The smallest absolute Gasteiger partial charge is 0.212 e. The van der Waals surface area contributed by atoms with Crippen molar-refractivity contribution in [2.75, 3.05) is 19.0 Å². The molecule has 8 heteroatoms. The van der Waals surface area contributed by atoms with Gasteiger partial charge in [-0.05, 0) is 56.9 Å². The highest BCUT2D eigenvalue weighted by Crippen LogP contribution is 2.22. The number of benzene rings is 1. The van der Waals surface area contributed by atoms with Crippen molar-refractivity contribution in [2.45, 2.75) is 32.7 Å². The van der Waals surface area contributed by atoms with Gasteiger partial charge >= 0.3 is 0 Å². The van der Waals surface area contributed by atoms with Gasteiger partial charge in [0.25, 0.3) is 0 Å². The molecule has 2 aromatic rings. The predicted octanol–water partition coefficient (Wildman–Crippen LogP) is 2.73. The van der Waals surface area contributed by atoms with Gasteiger partial charge in [-0.1, -0.05) is 0 Å². The zero-order valence-electron chi connectivity index (χ0n) is 15.0. The van der Waals surface area contributed by atoms with Gasteiger partial charge in [-0.2, -0.15) is 5.10 Å². The Morgan fingerprint density at radius 2 is 1.96 bits per heavy atom. The highest BCUT2D eigenvalue weighted by atomic mass is 32.2. The van der Waals surface area contributed by atoms with Crippen LogP contribution in [0, 0.1) is 18.7 Å². The van der Waals surface area contributed by atoms with Gasteiger partial charge in [0.2, 0.25) is 10.0 Å². The van der Waals surface area contributed by atoms with Gasteiger partial charge in [-0.15, -0.1) is 0 Å². The molecule has 1 unspecified atom stereocenters. The van der Waals surface area contributed by atoms with Gasteiger partial charge in [0, 0.05) is 30.5 Å². The molecule has 1 saturated heterocycles. The normalized spacial score (nSPS) is 17.3. The van der Waals surface area contributed by atoms with Crippen LogP contribution in [0.1, 0.15) is 37.1 Å². The van der Waals surface area contributed by atoms with E-state index in [1.54, 1.807) is 29.9 Å². The van der Waals surface area contributed by atoms with E-state index in [-0.39, 0.29) is 17.5 Å². The van der Waals surface area contributed by atoms with Gasteiger partial charge in [-0.3, -0.25) is 0 Å². The third kappa shape index (κ3) is 4.49. The first-order valence-electron chi connectivity index (χ1n) is 8.74. The van der Waals surface area contributed by atoms with Crippen molar-refractivity contribution < 1.29 is 17.5 Å². The van der Waals surface area contributed by atoms with Crippen LogP contribution in [0.5, 0.6) is 0 Å². The lowest BCUT2D eigenvalue weighted by molar-refractivity contribution is 0.0723. The second-order valence-corrected chi connectivity index (χ2v) is 8.55. The largest absolute Gasteiger partial charge is 0.381 e. The van der Waals surface area contributed by atoms with Crippen molar-refractivity contribution in [3.05, 3.63) is 47.5 Å². The fourth-order valence-electron chi connectivity index (χ4n) is 3.29. The minimum Gasteiger partial charge on any atom is -0.381 e. The maximum Gasteiger partial charge on any atom is 0.212 e. The Labute approximate surface area is 153 Å². The Bertz CT molecular complexity index is 843. The summed E-state index contributed by atoms with van der Waals surface area (Å²) in [5, 5.41) is 4.33. The summed E-state index contributed by atoms with van der Waals surface area (Å²) in [5.41, 5.74) is 2.34. The molecule has 1 aromatic carbocycles. The number of rotatable bonds is 6. The number of hydrogen-bond acceptors (Lipinski definition) is 4. The monoisotopic (exact) mass is 381 g/mol. The minimum absolute atomic E-state index is 0.117. The van der Waals surface area contributed by atoms with Crippen LogP contribution in [-0.2, 0) is 14.8 Å². The van der Waals surface area contributed by atoms with Gasteiger partial charge in [0.05, 0.1) is 17.6 Å². The molecule has 1 aliphatic rings. The van der Waals surface area contributed by atoms with Crippen molar-refractivity contribution in [1.82, 2.24) is 14.5 Å². The molecule has 26 heavy (non-hydrogen) atoms. The molecule has 0 spiro atoms. The number of sulfonamides is 1. The van der Waals surface area contributed by atoms with Crippen LogP contribution in [0.25, 0.3) is 5.69 Å². The number of halogens is 1. The van der Waals surface area contributed by atoms with E-state index in [1.165, 1.54) is 12.1 Å². The first kappa shape index (κ1) is 19.0. The van der Waals surface area contributed by atoms with Crippen LogP contribution in [0.4, 0.5) is 4.39 Å². The number of nitrogens with one attached hydrogen (secondary N) is 1. The first-order chi connectivity index (χ1) is 12.4. The van der Waals surface area contributed by atoms with E-state index in [0.29, 0.717) is 13.2 Å². The SMILES string of the molecule is Cc1c(C(C)NS(=O)(=O)CC2CCOCC2)cnn1-c1ccc(F)cc1. The number of aromatic nitrogens is 2. The summed E-state index contributed by atoms with van der Waals surface area (Å²) in [6.45, 7) is 4.92. The van der Waals surface area contributed by atoms with Crippen LogP contribution in [0.15, 0.2) is 30.5 Å². The van der Waals surface area contributed by atoms with Crippen LogP contribution in [0.3, 0.4) is 0 Å². The Morgan fingerprint density at radius 1 is 1.31 bits per heavy atom. The summed E-state index contributed by atoms with van der Waals surface area (Å²) >= 11 is 0. The standard InChI is InChI=1S/C18H24FN3O3S/c1-13(21-26(23,24)12-15-7-9-25-10-8-15)18-11-20-22(14(18)2)17-5-3-16(19)4-6-17/h3-6,11,13,15,21H,7-10,12H2,1-2H3. The number of hydrogen-bond donors (Lipinski definition) is 1. The topological polar surface area (TPSA) is 73.2 Å². The quantitative estimate of drug-likeness (QED) is 0.835. The third-order valence-electron chi connectivity index (χ3n) is 4.74. The number of ether oxygens (including phenoxy) is 1. The van der Waals surface area contributed by atoms with E-state index in [9.17, 15) is 12.8 Å². The van der Waals surface area contributed by atoms with E-state index < -0.39 is 16.1 Å². The second kappa shape index (κ2) is 7.85. The summed E-state index contributed by atoms with van der Waals surface area (Å²) in [5.74, 6) is -0.0595. The van der Waals surface area contributed by atoms with E-state index >= 15 is 0 Å². The summed E-state index contributed by atoms with van der Waals surface area (Å²) in [4.78, 5) is 0. The zero-order valence-corrected chi connectivity index (χ0v) is 15.8. The summed E-state index contributed by atoms with van der Waals surface area (Å²) in [7, 11) is -3.40. The first-order valence-corrected chi connectivity index (χ1v) is 10.4. The van der Waals surface area contributed by atoms with E-state index in [0.717, 1.165) is 29.8 Å². The molecular formula is C18H24FN3O3S. The molecule has 0 saturated carbocycles. The Balaban J connectivity index is 1.71. The fraction of sp³-hybridized carbons (Fsp3) is 0.500. The molecule has 0 amide bonds. The molecule has 0 bridgehead atoms. The van der Waals surface area contributed by atoms with E-state index in [1.807, 2.05) is 6.92 Å². The molecule has 1 aromatic heterocycles. The van der Waals surface area contributed by atoms with Gasteiger partial charge in [0.15, 0.2) is 0 Å².